The van der Waals surface area contributed by atoms with Gasteiger partial charge in [0.25, 0.3) is 0 Å². The number of nitrogens with one attached hydrogen (secondary N) is 1. The molecule has 0 aliphatic rings. The summed E-state index contributed by atoms with van der Waals surface area (Å²) in [5.41, 5.74) is 0.196. The summed E-state index contributed by atoms with van der Waals surface area (Å²) in [7, 11) is 0. The highest BCUT2D eigenvalue weighted by atomic mass is 16.4. The van der Waals surface area contributed by atoms with Crippen LogP contribution in [0.1, 0.15) is 39.5 Å². The van der Waals surface area contributed by atoms with Crippen molar-refractivity contribution < 1.29 is 4.42 Å². The molecule has 1 rings (SSSR count). The molecule has 0 amide bonds. The minimum absolute atomic E-state index is 0.196. The zero-order valence-electron chi connectivity index (χ0n) is 9.42. The predicted molar refractivity (Wildman–Crippen MR) is 54.8 cm³/mol. The second-order valence-electron chi connectivity index (χ2n) is 4.61. The van der Waals surface area contributed by atoms with Crippen LogP contribution in [0, 0.1) is 5.41 Å². The van der Waals surface area contributed by atoms with Gasteiger partial charge in [0.2, 0.25) is 11.8 Å². The van der Waals surface area contributed by atoms with Crippen molar-refractivity contribution in [3.8, 4) is 0 Å². The number of hydrogen-bond donors (Lipinski definition) is 1. The van der Waals surface area contributed by atoms with Crippen LogP contribution in [0.4, 0.5) is 0 Å². The number of rotatable bonds is 4. The molecule has 0 fully saturated rings. The summed E-state index contributed by atoms with van der Waals surface area (Å²) in [6.45, 7) is 10.1. The van der Waals surface area contributed by atoms with Crippen molar-refractivity contribution in [3.63, 3.8) is 0 Å². The Hall–Kier alpha value is -0.900. The fraction of sp³-hybridized carbons (Fsp3) is 0.800. The number of aromatic nitrogens is 2. The van der Waals surface area contributed by atoms with Crippen LogP contribution in [0.2, 0.25) is 0 Å². The van der Waals surface area contributed by atoms with E-state index in [9.17, 15) is 0 Å². The fourth-order valence-corrected chi connectivity index (χ4v) is 1.12. The minimum atomic E-state index is 0.196. The molecular formula is C10H19N3O. The summed E-state index contributed by atoms with van der Waals surface area (Å²) in [5, 5.41) is 11.1. The maximum absolute atomic E-state index is 5.48. The molecule has 0 saturated carbocycles. The highest BCUT2D eigenvalue weighted by molar-refractivity contribution is 4.85. The van der Waals surface area contributed by atoms with Crippen molar-refractivity contribution in [1.82, 2.24) is 15.5 Å². The van der Waals surface area contributed by atoms with E-state index in [0.29, 0.717) is 12.4 Å². The van der Waals surface area contributed by atoms with Crippen molar-refractivity contribution in [1.29, 1.82) is 0 Å². The molecule has 0 bridgehead atoms. The molecule has 0 aliphatic heterocycles. The van der Waals surface area contributed by atoms with Gasteiger partial charge in [-0.2, -0.15) is 0 Å². The minimum Gasteiger partial charge on any atom is -0.424 e. The Balaban J connectivity index is 2.51. The highest BCUT2D eigenvalue weighted by Gasteiger charge is 2.16. The van der Waals surface area contributed by atoms with Gasteiger partial charge in [0.15, 0.2) is 0 Å². The maximum atomic E-state index is 5.48. The molecule has 0 saturated heterocycles. The molecule has 0 radical (unpaired) electrons. The molecule has 0 aromatic carbocycles. The second-order valence-corrected chi connectivity index (χ2v) is 4.61. The van der Waals surface area contributed by atoms with Gasteiger partial charge in [-0.05, 0) is 12.0 Å². The SMILES string of the molecule is CCNCc1nnc(CC(C)(C)C)o1. The first-order chi connectivity index (χ1) is 6.51. The molecule has 1 N–H and O–H groups in total. The van der Waals surface area contributed by atoms with Crippen molar-refractivity contribution in [2.45, 2.75) is 40.7 Å². The van der Waals surface area contributed by atoms with E-state index in [4.69, 9.17) is 4.42 Å². The number of hydrogen-bond acceptors (Lipinski definition) is 4. The molecule has 1 aromatic rings. The van der Waals surface area contributed by atoms with E-state index in [1.54, 1.807) is 0 Å². The average Bonchev–Trinajstić information content (AvgIpc) is 2.46. The maximum Gasteiger partial charge on any atom is 0.230 e. The van der Waals surface area contributed by atoms with Crippen molar-refractivity contribution in [2.75, 3.05) is 6.54 Å². The summed E-state index contributed by atoms with van der Waals surface area (Å²) in [6.07, 6.45) is 0.826. The third-order valence-electron chi connectivity index (χ3n) is 1.72. The molecule has 0 atom stereocenters. The quantitative estimate of drug-likeness (QED) is 0.799. The van der Waals surface area contributed by atoms with Crippen molar-refractivity contribution in [3.05, 3.63) is 11.8 Å². The van der Waals surface area contributed by atoms with Crippen molar-refractivity contribution in [2.24, 2.45) is 5.41 Å². The van der Waals surface area contributed by atoms with E-state index in [1.807, 2.05) is 6.92 Å². The normalized spacial score (nSPS) is 12.0. The molecule has 80 valence electrons. The van der Waals surface area contributed by atoms with Gasteiger partial charge < -0.3 is 9.73 Å². The van der Waals surface area contributed by atoms with E-state index in [1.165, 1.54) is 0 Å². The third kappa shape index (κ3) is 3.87. The van der Waals surface area contributed by atoms with Crippen LogP contribution in [-0.2, 0) is 13.0 Å². The third-order valence-corrected chi connectivity index (χ3v) is 1.72. The van der Waals surface area contributed by atoms with E-state index in [2.05, 4.69) is 36.3 Å². The predicted octanol–water partition coefficient (Wildman–Crippen LogP) is 1.77. The Morgan fingerprint density at radius 1 is 1.21 bits per heavy atom. The lowest BCUT2D eigenvalue weighted by Crippen LogP contribution is -2.11. The lowest BCUT2D eigenvalue weighted by Gasteiger charge is -2.14. The zero-order valence-corrected chi connectivity index (χ0v) is 9.42. The first kappa shape index (κ1) is 11.2. The lowest BCUT2D eigenvalue weighted by atomic mass is 9.92. The topological polar surface area (TPSA) is 51.0 Å². The van der Waals surface area contributed by atoms with Crippen molar-refractivity contribution >= 4 is 0 Å². The molecule has 0 unspecified atom stereocenters. The van der Waals surface area contributed by atoms with Crippen LogP contribution in [0.3, 0.4) is 0 Å². The standard InChI is InChI=1S/C10H19N3O/c1-5-11-7-9-13-12-8(14-9)6-10(2,3)4/h11H,5-7H2,1-4H3. The summed E-state index contributed by atoms with van der Waals surface area (Å²) >= 11 is 0. The van der Waals surface area contributed by atoms with Crippen LogP contribution in [0.15, 0.2) is 4.42 Å². The summed E-state index contributed by atoms with van der Waals surface area (Å²) in [5.74, 6) is 1.40. The molecular weight excluding hydrogens is 178 g/mol. The molecule has 0 aliphatic carbocycles. The molecule has 14 heavy (non-hydrogen) atoms. The summed E-state index contributed by atoms with van der Waals surface area (Å²) < 4.78 is 5.48. The smallest absolute Gasteiger partial charge is 0.230 e. The van der Waals surface area contributed by atoms with E-state index < -0.39 is 0 Å². The van der Waals surface area contributed by atoms with Crippen LogP contribution < -0.4 is 5.32 Å². The van der Waals surface area contributed by atoms with Gasteiger partial charge in [-0.25, -0.2) is 0 Å². The molecule has 4 heteroatoms. The van der Waals surface area contributed by atoms with E-state index >= 15 is 0 Å². The first-order valence-corrected chi connectivity index (χ1v) is 5.03. The molecule has 1 aromatic heterocycles. The van der Waals surface area contributed by atoms with E-state index in [0.717, 1.165) is 18.9 Å². The second kappa shape index (κ2) is 4.55. The van der Waals surface area contributed by atoms with Crippen LogP contribution in [0.5, 0.6) is 0 Å². The van der Waals surface area contributed by atoms with Crippen LogP contribution in [-0.4, -0.2) is 16.7 Å². The lowest BCUT2D eigenvalue weighted by molar-refractivity contribution is 0.342. The molecule has 1 heterocycles. The largest absolute Gasteiger partial charge is 0.424 e. The fourth-order valence-electron chi connectivity index (χ4n) is 1.12. The Morgan fingerprint density at radius 3 is 2.43 bits per heavy atom. The first-order valence-electron chi connectivity index (χ1n) is 5.03. The van der Waals surface area contributed by atoms with Gasteiger partial charge in [0.05, 0.1) is 6.54 Å². The summed E-state index contributed by atoms with van der Waals surface area (Å²) in [4.78, 5) is 0. The molecule has 4 nitrogen and oxygen atoms in total. The Kier molecular flexibility index (Phi) is 3.63. The highest BCUT2D eigenvalue weighted by Crippen LogP contribution is 2.19. The van der Waals surface area contributed by atoms with Crippen LogP contribution >= 0.6 is 0 Å². The monoisotopic (exact) mass is 197 g/mol. The van der Waals surface area contributed by atoms with Crippen LogP contribution in [0.25, 0.3) is 0 Å². The van der Waals surface area contributed by atoms with Gasteiger partial charge in [-0.15, -0.1) is 10.2 Å². The molecule has 0 spiro atoms. The van der Waals surface area contributed by atoms with Gasteiger partial charge in [-0.1, -0.05) is 27.7 Å². The Morgan fingerprint density at radius 2 is 1.86 bits per heavy atom. The Labute approximate surface area is 85.1 Å². The summed E-state index contributed by atoms with van der Waals surface area (Å²) in [6, 6.07) is 0. The number of nitrogens with zero attached hydrogens (tertiary/aromatic N) is 2. The van der Waals surface area contributed by atoms with Gasteiger partial charge in [0.1, 0.15) is 0 Å². The van der Waals surface area contributed by atoms with Gasteiger partial charge in [0, 0.05) is 6.42 Å². The van der Waals surface area contributed by atoms with Gasteiger partial charge in [-0.3, -0.25) is 0 Å². The van der Waals surface area contributed by atoms with Gasteiger partial charge >= 0.3 is 0 Å². The average molecular weight is 197 g/mol. The van der Waals surface area contributed by atoms with E-state index in [-0.39, 0.29) is 5.41 Å². The Bertz CT molecular complexity index is 275. The zero-order chi connectivity index (χ0) is 10.6.